The molecular weight excluding hydrogens is 482 g/mol. The van der Waals surface area contributed by atoms with Crippen LogP contribution < -0.4 is 21.1 Å². The average molecular weight is 502 g/mol. The van der Waals surface area contributed by atoms with Gasteiger partial charge in [-0.2, -0.15) is 0 Å². The van der Waals surface area contributed by atoms with E-state index in [-0.39, 0.29) is 11.1 Å². The number of aromatic nitrogens is 1. The Morgan fingerprint density at radius 3 is 2.03 bits per heavy atom. The van der Waals surface area contributed by atoms with Gasteiger partial charge >= 0.3 is 0 Å². The fourth-order valence-electron chi connectivity index (χ4n) is 3.87. The Hall–Kier alpha value is -4.86. The number of carbonyl (C=O) groups excluding carboxylic acids is 3. The first-order valence-corrected chi connectivity index (χ1v) is 11.3. The van der Waals surface area contributed by atoms with E-state index in [0.717, 1.165) is 6.07 Å². The number of nitrogens with one attached hydrogen (secondary N) is 2. The maximum Gasteiger partial charge on any atom is 0.251 e. The molecule has 0 atom stereocenters. The van der Waals surface area contributed by atoms with E-state index in [1.165, 1.54) is 36.5 Å². The zero-order valence-corrected chi connectivity index (χ0v) is 19.3. The zero-order valence-electron chi connectivity index (χ0n) is 19.3. The van der Waals surface area contributed by atoms with Crippen molar-refractivity contribution in [3.8, 4) is 11.5 Å². The molecule has 1 fully saturated rings. The van der Waals surface area contributed by atoms with Gasteiger partial charge in [0, 0.05) is 29.0 Å². The van der Waals surface area contributed by atoms with Crippen LogP contribution in [0.4, 0.5) is 20.2 Å². The summed E-state index contributed by atoms with van der Waals surface area (Å²) in [5, 5.41) is 5.81. The number of fused-ring (bicyclic) bond motifs is 1. The smallest absolute Gasteiger partial charge is 0.251 e. The summed E-state index contributed by atoms with van der Waals surface area (Å²) in [5.41, 5.74) is 4.93. The van der Waals surface area contributed by atoms with E-state index in [0.29, 0.717) is 41.1 Å². The molecule has 0 aliphatic heterocycles. The topological polar surface area (TPSA) is 123 Å². The number of amides is 3. The molecule has 186 valence electrons. The molecule has 3 amide bonds. The lowest BCUT2D eigenvalue weighted by atomic mass is 10.0. The lowest BCUT2D eigenvalue weighted by Gasteiger charge is -2.16. The Kier molecular flexibility index (Phi) is 6.00. The number of pyridine rings is 1. The highest BCUT2D eigenvalue weighted by molar-refractivity contribution is 6.16. The largest absolute Gasteiger partial charge is 0.457 e. The van der Waals surface area contributed by atoms with Crippen molar-refractivity contribution in [2.75, 3.05) is 10.6 Å². The van der Waals surface area contributed by atoms with Gasteiger partial charge in [-0.25, -0.2) is 8.78 Å². The lowest BCUT2D eigenvalue weighted by Crippen LogP contribution is -2.35. The van der Waals surface area contributed by atoms with E-state index >= 15 is 0 Å². The SMILES string of the molecule is NC(=O)c1cc2c(Oc3ccc(NC(=O)C4(C(=O)Nc5ccc(F)cc5)CC4)cc3)ccnc2cc1F. The molecule has 4 N–H and O–H groups in total. The molecule has 37 heavy (non-hydrogen) atoms. The van der Waals surface area contributed by atoms with Crippen LogP contribution in [-0.2, 0) is 9.59 Å². The van der Waals surface area contributed by atoms with Crippen molar-refractivity contribution in [3.63, 3.8) is 0 Å². The van der Waals surface area contributed by atoms with Crippen LogP contribution in [-0.4, -0.2) is 22.7 Å². The summed E-state index contributed by atoms with van der Waals surface area (Å²) in [6, 6.07) is 15.7. The highest BCUT2D eigenvalue weighted by Gasteiger charge is 2.56. The van der Waals surface area contributed by atoms with Gasteiger partial charge in [-0.15, -0.1) is 0 Å². The molecule has 1 aliphatic carbocycles. The van der Waals surface area contributed by atoms with Gasteiger partial charge < -0.3 is 21.1 Å². The molecule has 0 unspecified atom stereocenters. The number of hydrogen-bond donors (Lipinski definition) is 3. The van der Waals surface area contributed by atoms with Gasteiger partial charge in [-0.3, -0.25) is 19.4 Å². The average Bonchev–Trinajstić information content (AvgIpc) is 3.69. The first-order valence-electron chi connectivity index (χ1n) is 11.3. The van der Waals surface area contributed by atoms with E-state index in [1.54, 1.807) is 30.3 Å². The van der Waals surface area contributed by atoms with Crippen LogP contribution in [0.2, 0.25) is 0 Å². The second-order valence-corrected chi connectivity index (χ2v) is 8.65. The molecule has 3 aromatic carbocycles. The van der Waals surface area contributed by atoms with Crippen molar-refractivity contribution in [2.45, 2.75) is 12.8 Å². The Morgan fingerprint density at radius 2 is 1.46 bits per heavy atom. The molecule has 0 spiro atoms. The third kappa shape index (κ3) is 4.81. The molecule has 0 bridgehead atoms. The zero-order chi connectivity index (χ0) is 26.2. The summed E-state index contributed by atoms with van der Waals surface area (Å²) in [7, 11) is 0. The molecule has 4 aromatic rings. The minimum atomic E-state index is -1.19. The van der Waals surface area contributed by atoms with Crippen LogP contribution in [0.3, 0.4) is 0 Å². The van der Waals surface area contributed by atoms with Crippen molar-refractivity contribution >= 4 is 40.0 Å². The first kappa shape index (κ1) is 23.9. The summed E-state index contributed by atoms with van der Waals surface area (Å²) < 4.78 is 33.1. The minimum absolute atomic E-state index is 0.277. The van der Waals surface area contributed by atoms with Gasteiger partial charge in [0.1, 0.15) is 28.5 Å². The normalized spacial score (nSPS) is 13.6. The fraction of sp³-hybridized carbons (Fsp3) is 0.111. The van der Waals surface area contributed by atoms with E-state index < -0.39 is 34.8 Å². The Balaban J connectivity index is 1.28. The lowest BCUT2D eigenvalue weighted by molar-refractivity contribution is -0.131. The van der Waals surface area contributed by atoms with Crippen molar-refractivity contribution in [1.29, 1.82) is 0 Å². The van der Waals surface area contributed by atoms with E-state index in [1.807, 2.05) is 0 Å². The fourth-order valence-corrected chi connectivity index (χ4v) is 3.87. The number of nitrogens with zero attached hydrogens (tertiary/aromatic N) is 1. The number of ether oxygens (including phenoxy) is 1. The number of nitrogens with two attached hydrogens (primary N) is 1. The van der Waals surface area contributed by atoms with Crippen molar-refractivity contribution in [2.24, 2.45) is 11.1 Å². The van der Waals surface area contributed by atoms with E-state index in [2.05, 4.69) is 15.6 Å². The number of anilines is 2. The monoisotopic (exact) mass is 502 g/mol. The molecule has 1 heterocycles. The van der Waals surface area contributed by atoms with Crippen molar-refractivity contribution in [3.05, 3.63) is 90.1 Å². The van der Waals surface area contributed by atoms with E-state index in [9.17, 15) is 23.2 Å². The Labute approximate surface area is 209 Å². The van der Waals surface area contributed by atoms with Crippen molar-refractivity contribution < 1.29 is 27.9 Å². The second kappa shape index (κ2) is 9.30. The van der Waals surface area contributed by atoms with Gasteiger partial charge in [-0.05, 0) is 73.5 Å². The van der Waals surface area contributed by atoms with Crippen molar-refractivity contribution in [1.82, 2.24) is 4.98 Å². The van der Waals surface area contributed by atoms with Crippen LogP contribution in [0.5, 0.6) is 11.5 Å². The van der Waals surface area contributed by atoms with Crippen LogP contribution in [0.15, 0.2) is 72.9 Å². The second-order valence-electron chi connectivity index (χ2n) is 8.65. The molecular formula is C27H20F2N4O4. The molecule has 1 saturated carbocycles. The molecule has 5 rings (SSSR count). The number of rotatable bonds is 7. The Bertz CT molecular complexity index is 1540. The number of primary amides is 1. The maximum atomic E-state index is 14.1. The minimum Gasteiger partial charge on any atom is -0.457 e. The van der Waals surface area contributed by atoms with Crippen LogP contribution in [0.1, 0.15) is 23.2 Å². The highest BCUT2D eigenvalue weighted by Crippen LogP contribution is 2.47. The molecule has 0 radical (unpaired) electrons. The summed E-state index contributed by atoms with van der Waals surface area (Å²) >= 11 is 0. The summed E-state index contributed by atoms with van der Waals surface area (Å²) in [6.07, 6.45) is 2.24. The van der Waals surface area contributed by atoms with Crippen LogP contribution in [0, 0.1) is 17.0 Å². The van der Waals surface area contributed by atoms with Gasteiger partial charge in [0.05, 0.1) is 11.1 Å². The first-order chi connectivity index (χ1) is 17.7. The number of halogens is 2. The van der Waals surface area contributed by atoms with Gasteiger partial charge in [0.2, 0.25) is 11.8 Å². The number of benzene rings is 3. The van der Waals surface area contributed by atoms with Gasteiger partial charge in [0.15, 0.2) is 0 Å². The molecule has 0 saturated heterocycles. The standard InChI is InChI=1S/C27H20F2N4O4/c28-15-1-3-16(4-2-15)32-25(35)27(10-11-27)26(36)33-17-5-7-18(8-6-17)37-23-9-12-31-22-14-21(29)19(24(30)34)13-20(22)23/h1-9,12-14H,10-11H2,(H2,30,34)(H,32,35)(H,33,36). The number of carbonyl (C=O) groups is 3. The van der Waals surface area contributed by atoms with Crippen LogP contribution >= 0.6 is 0 Å². The predicted molar refractivity (Wildman–Crippen MR) is 132 cm³/mol. The Morgan fingerprint density at radius 1 is 0.865 bits per heavy atom. The summed E-state index contributed by atoms with van der Waals surface area (Å²) in [4.78, 5) is 41.2. The van der Waals surface area contributed by atoms with E-state index in [4.69, 9.17) is 10.5 Å². The molecule has 1 aliphatic rings. The summed E-state index contributed by atoms with van der Waals surface area (Å²) in [6.45, 7) is 0. The third-order valence-electron chi connectivity index (χ3n) is 6.12. The molecule has 10 heteroatoms. The number of hydrogen-bond acceptors (Lipinski definition) is 5. The third-order valence-corrected chi connectivity index (χ3v) is 6.12. The molecule has 8 nitrogen and oxygen atoms in total. The summed E-state index contributed by atoms with van der Waals surface area (Å²) in [5.74, 6) is -2.26. The predicted octanol–water partition coefficient (Wildman–Crippen LogP) is 4.76. The highest BCUT2D eigenvalue weighted by atomic mass is 19.1. The van der Waals surface area contributed by atoms with Gasteiger partial charge in [-0.1, -0.05) is 0 Å². The van der Waals surface area contributed by atoms with Crippen LogP contribution in [0.25, 0.3) is 10.9 Å². The quantitative estimate of drug-likeness (QED) is 0.315. The maximum absolute atomic E-state index is 14.1. The molecule has 1 aromatic heterocycles. The van der Waals surface area contributed by atoms with Gasteiger partial charge in [0.25, 0.3) is 5.91 Å².